The smallest absolute Gasteiger partial charge is 0.310 e. The Morgan fingerprint density at radius 3 is 1.29 bits per heavy atom. The number of methoxy groups -OCH3 is 1. The molecule has 2 fully saturated rings. The molecule has 2 aliphatic rings. The molecule has 8 rings (SSSR count). The number of nitrogens with zero attached hydrogens (tertiary/aromatic N) is 6. The fourth-order valence-corrected chi connectivity index (χ4v) is 9.29. The van der Waals surface area contributed by atoms with Crippen LogP contribution in [0.15, 0.2) is 121 Å². The average Bonchev–Trinajstić information content (AvgIpc) is 3.87. The molecular formula is C45H49BrN6O4S2. The van der Waals surface area contributed by atoms with Gasteiger partial charge in [0.15, 0.2) is 10.3 Å². The van der Waals surface area contributed by atoms with E-state index in [0.29, 0.717) is 0 Å². The van der Waals surface area contributed by atoms with Gasteiger partial charge in [0.2, 0.25) is 0 Å². The molecule has 6 aromatic rings. The van der Waals surface area contributed by atoms with Crippen LogP contribution in [0.25, 0.3) is 22.5 Å². The normalized spacial score (nSPS) is 14.6. The standard InChI is InChI=1S/C23H25N3O2S.C22H23N3O2S.BrH/c1-28-21(27)16-20-22(19-10-6-3-7-11-19)24-23(29-20)26-14-12-25(13-15-26)17-18-8-4-2-5-9-18;26-20(27)15-19-21(18-9-5-2-6-10-18)23-22(28-19)25-13-11-24(12-14-25)16-17-7-3-1-4-8-17;/h2-11H,12-17H2,1H3;1-10H,11-16H2,(H,26,27);1H. The van der Waals surface area contributed by atoms with E-state index in [1.807, 2.05) is 66.7 Å². The van der Waals surface area contributed by atoms with Gasteiger partial charge in [0, 0.05) is 86.3 Å². The number of aromatic nitrogens is 2. The van der Waals surface area contributed by atoms with E-state index >= 15 is 0 Å². The van der Waals surface area contributed by atoms with E-state index in [4.69, 9.17) is 14.7 Å². The van der Waals surface area contributed by atoms with Gasteiger partial charge >= 0.3 is 11.9 Å². The number of hydrogen-bond acceptors (Lipinski definition) is 11. The third-order valence-corrected chi connectivity index (χ3v) is 12.3. The number of esters is 1. The number of aliphatic carboxylic acids is 1. The molecule has 2 saturated heterocycles. The van der Waals surface area contributed by atoms with Gasteiger partial charge in [0.1, 0.15) is 0 Å². The van der Waals surface area contributed by atoms with Crippen LogP contribution in [0.2, 0.25) is 0 Å². The first kappa shape index (κ1) is 42.7. The Kier molecular flexibility index (Phi) is 15.6. The van der Waals surface area contributed by atoms with E-state index in [9.17, 15) is 14.7 Å². The van der Waals surface area contributed by atoms with Gasteiger partial charge in [-0.2, -0.15) is 0 Å². The molecule has 4 heterocycles. The van der Waals surface area contributed by atoms with Crippen molar-refractivity contribution >= 4 is 61.9 Å². The number of carbonyl (C=O) groups is 2. The van der Waals surface area contributed by atoms with E-state index in [2.05, 4.69) is 74.2 Å². The van der Waals surface area contributed by atoms with Crippen LogP contribution in [0.5, 0.6) is 0 Å². The van der Waals surface area contributed by atoms with E-state index in [1.54, 1.807) is 11.3 Å². The Morgan fingerprint density at radius 1 is 0.569 bits per heavy atom. The van der Waals surface area contributed by atoms with Crippen molar-refractivity contribution < 1.29 is 19.4 Å². The first-order valence-corrected chi connectivity index (χ1v) is 21.0. The molecule has 58 heavy (non-hydrogen) atoms. The van der Waals surface area contributed by atoms with Gasteiger partial charge in [0.05, 0.1) is 31.3 Å². The number of ether oxygens (including phenoxy) is 1. The van der Waals surface area contributed by atoms with E-state index < -0.39 is 5.97 Å². The second-order valence-corrected chi connectivity index (χ2v) is 16.2. The highest BCUT2D eigenvalue weighted by atomic mass is 79.9. The number of carboxylic acids is 1. The van der Waals surface area contributed by atoms with Gasteiger partial charge in [0.25, 0.3) is 0 Å². The number of benzene rings is 4. The van der Waals surface area contributed by atoms with Crippen LogP contribution in [0, 0.1) is 0 Å². The summed E-state index contributed by atoms with van der Waals surface area (Å²) in [5.74, 6) is -1.05. The van der Waals surface area contributed by atoms with Crippen LogP contribution in [-0.2, 0) is 40.3 Å². The van der Waals surface area contributed by atoms with Crippen molar-refractivity contribution in [3.05, 3.63) is 142 Å². The molecule has 0 atom stereocenters. The van der Waals surface area contributed by atoms with Crippen LogP contribution in [0.3, 0.4) is 0 Å². The lowest BCUT2D eigenvalue weighted by Gasteiger charge is -2.34. The Morgan fingerprint density at radius 2 is 0.931 bits per heavy atom. The zero-order valence-corrected chi connectivity index (χ0v) is 36.0. The molecule has 2 aliphatic heterocycles. The van der Waals surface area contributed by atoms with Crippen LogP contribution < -0.4 is 9.80 Å². The molecule has 2 aromatic heterocycles. The molecule has 0 unspecified atom stereocenters. The van der Waals surface area contributed by atoms with Gasteiger partial charge in [-0.25, -0.2) is 9.97 Å². The van der Waals surface area contributed by atoms with Gasteiger partial charge in [-0.05, 0) is 11.1 Å². The molecular weight excluding hydrogens is 833 g/mol. The monoisotopic (exact) mass is 880 g/mol. The van der Waals surface area contributed by atoms with Gasteiger partial charge < -0.3 is 19.6 Å². The maximum Gasteiger partial charge on any atom is 0.310 e. The molecule has 4 aromatic carbocycles. The number of carboxylic acid groups (broad SMARTS) is 1. The number of anilines is 2. The van der Waals surface area contributed by atoms with Crippen molar-refractivity contribution in [1.82, 2.24) is 19.8 Å². The molecule has 0 saturated carbocycles. The molecule has 0 radical (unpaired) electrons. The fraction of sp³-hybridized carbons (Fsp3) is 0.289. The summed E-state index contributed by atoms with van der Waals surface area (Å²) in [7, 11) is 1.43. The molecule has 0 bridgehead atoms. The quantitative estimate of drug-likeness (QED) is 0.121. The molecule has 10 nitrogen and oxygen atoms in total. The molecule has 0 spiro atoms. The van der Waals surface area contributed by atoms with Gasteiger partial charge in [-0.3, -0.25) is 19.4 Å². The largest absolute Gasteiger partial charge is 0.481 e. The third kappa shape index (κ3) is 11.6. The minimum atomic E-state index is -0.819. The number of hydrogen-bond donors (Lipinski definition) is 1. The summed E-state index contributed by atoms with van der Waals surface area (Å²) >= 11 is 3.12. The topological polar surface area (TPSA) is 102 Å². The highest BCUT2D eigenvalue weighted by Gasteiger charge is 2.25. The highest BCUT2D eigenvalue weighted by Crippen LogP contribution is 2.35. The lowest BCUT2D eigenvalue weighted by molar-refractivity contribution is -0.139. The summed E-state index contributed by atoms with van der Waals surface area (Å²) in [5, 5.41) is 11.2. The Labute approximate surface area is 359 Å². The SMILES string of the molecule is Br.COC(=O)Cc1sc(N2CCN(Cc3ccccc3)CC2)nc1-c1ccccc1.O=C(O)Cc1sc(N2CCN(Cc3ccccc3)CC2)nc1-c1ccccc1. The van der Waals surface area contributed by atoms with Crippen LogP contribution in [0.4, 0.5) is 10.3 Å². The highest BCUT2D eigenvalue weighted by molar-refractivity contribution is 8.93. The summed E-state index contributed by atoms with van der Waals surface area (Å²) in [4.78, 5) is 44.3. The van der Waals surface area contributed by atoms with Gasteiger partial charge in [-0.1, -0.05) is 121 Å². The predicted octanol–water partition coefficient (Wildman–Crippen LogP) is 8.19. The Balaban J connectivity index is 0.000000192. The van der Waals surface area contributed by atoms with Crippen molar-refractivity contribution in [3.8, 4) is 22.5 Å². The van der Waals surface area contributed by atoms with Gasteiger partial charge in [-0.15, -0.1) is 39.7 Å². The zero-order valence-electron chi connectivity index (χ0n) is 32.6. The lowest BCUT2D eigenvalue weighted by Crippen LogP contribution is -2.45. The van der Waals surface area contributed by atoms with Crippen molar-refractivity contribution in [2.75, 3.05) is 69.3 Å². The number of thiazole rings is 2. The van der Waals surface area contributed by atoms with Crippen LogP contribution >= 0.6 is 39.7 Å². The Bertz CT molecular complexity index is 2170. The first-order chi connectivity index (χ1) is 27.9. The summed E-state index contributed by atoms with van der Waals surface area (Å²) in [6, 6.07) is 41.0. The summed E-state index contributed by atoms with van der Waals surface area (Å²) in [6.07, 6.45) is 0.266. The second-order valence-electron chi connectivity index (χ2n) is 14.1. The summed E-state index contributed by atoms with van der Waals surface area (Å²) in [5.41, 5.74) is 6.39. The minimum Gasteiger partial charge on any atom is -0.481 e. The number of rotatable bonds is 12. The maximum absolute atomic E-state index is 11.9. The first-order valence-electron chi connectivity index (χ1n) is 19.3. The zero-order chi connectivity index (χ0) is 39.4. The number of halogens is 1. The minimum absolute atomic E-state index is 0. The van der Waals surface area contributed by atoms with E-state index in [0.717, 1.165) is 108 Å². The van der Waals surface area contributed by atoms with E-state index in [-0.39, 0.29) is 35.8 Å². The van der Waals surface area contributed by atoms with Crippen molar-refractivity contribution in [2.45, 2.75) is 25.9 Å². The molecule has 0 amide bonds. The van der Waals surface area contributed by atoms with E-state index in [1.165, 1.54) is 29.6 Å². The Hall–Kier alpha value is -4.92. The van der Waals surface area contributed by atoms with Crippen molar-refractivity contribution in [3.63, 3.8) is 0 Å². The lowest BCUT2D eigenvalue weighted by atomic mass is 10.1. The van der Waals surface area contributed by atoms with Crippen molar-refractivity contribution in [2.24, 2.45) is 0 Å². The number of carbonyl (C=O) groups excluding carboxylic acids is 1. The fourth-order valence-electron chi connectivity index (χ4n) is 7.05. The molecule has 13 heteroatoms. The number of piperazine rings is 2. The van der Waals surface area contributed by atoms with Crippen LogP contribution in [0.1, 0.15) is 20.9 Å². The van der Waals surface area contributed by atoms with Crippen LogP contribution in [-0.4, -0.2) is 96.3 Å². The van der Waals surface area contributed by atoms with Crippen molar-refractivity contribution in [1.29, 1.82) is 0 Å². The molecule has 0 aliphatic carbocycles. The summed E-state index contributed by atoms with van der Waals surface area (Å²) < 4.78 is 4.89. The third-order valence-electron chi connectivity index (χ3n) is 10.1. The maximum atomic E-state index is 11.9. The average molecular weight is 882 g/mol. The second kappa shape index (κ2) is 21.2. The predicted molar refractivity (Wildman–Crippen MR) is 240 cm³/mol. The molecule has 1 N–H and O–H groups in total. The molecule has 302 valence electrons. The summed E-state index contributed by atoms with van der Waals surface area (Å²) in [6.45, 7) is 9.58.